The third kappa shape index (κ3) is 5.49. The first kappa shape index (κ1) is 16.9. The third-order valence-corrected chi connectivity index (χ3v) is 3.36. The van der Waals surface area contributed by atoms with Crippen LogP contribution in [0.1, 0.15) is 47.0 Å². The standard InChI is InChI=1S/C12H22N2O3.CH4/c1-9-4-3-5-10(2)14(9)8-11(15)13-7-6-12(16)17;/h9-10H,3-8H2,1-2H3,(H,13,15)(H,16,17);1H4. The van der Waals surface area contributed by atoms with Crippen LogP contribution in [-0.4, -0.2) is 47.1 Å². The van der Waals surface area contributed by atoms with Crippen molar-refractivity contribution in [1.29, 1.82) is 0 Å². The van der Waals surface area contributed by atoms with Gasteiger partial charge in [-0.25, -0.2) is 0 Å². The summed E-state index contributed by atoms with van der Waals surface area (Å²) in [6.45, 7) is 4.87. The van der Waals surface area contributed by atoms with Crippen molar-refractivity contribution in [2.75, 3.05) is 13.1 Å². The Morgan fingerprint density at radius 3 is 2.33 bits per heavy atom. The molecule has 2 atom stereocenters. The molecule has 5 nitrogen and oxygen atoms in total. The van der Waals surface area contributed by atoms with Crippen molar-refractivity contribution in [2.24, 2.45) is 0 Å². The Labute approximate surface area is 110 Å². The van der Waals surface area contributed by atoms with Gasteiger partial charge in [-0.15, -0.1) is 0 Å². The molecule has 1 rings (SSSR count). The van der Waals surface area contributed by atoms with Crippen molar-refractivity contribution in [3.8, 4) is 0 Å². The highest BCUT2D eigenvalue weighted by molar-refractivity contribution is 5.78. The van der Waals surface area contributed by atoms with Gasteiger partial charge in [0.25, 0.3) is 0 Å². The lowest BCUT2D eigenvalue weighted by Crippen LogP contribution is -2.48. The van der Waals surface area contributed by atoms with Gasteiger partial charge in [-0.3, -0.25) is 14.5 Å². The molecule has 0 saturated carbocycles. The summed E-state index contributed by atoms with van der Waals surface area (Å²) in [6, 6.07) is 0.868. The van der Waals surface area contributed by atoms with Gasteiger partial charge in [-0.05, 0) is 26.7 Å². The minimum Gasteiger partial charge on any atom is -0.481 e. The second kappa shape index (κ2) is 8.08. The van der Waals surface area contributed by atoms with Crippen LogP contribution in [-0.2, 0) is 9.59 Å². The van der Waals surface area contributed by atoms with Crippen LogP contribution in [0.4, 0.5) is 0 Å². The molecule has 106 valence electrons. The van der Waals surface area contributed by atoms with Crippen molar-refractivity contribution < 1.29 is 14.7 Å². The fourth-order valence-electron chi connectivity index (χ4n) is 2.32. The number of nitrogens with zero attached hydrogens (tertiary/aromatic N) is 1. The molecule has 1 heterocycles. The first-order chi connectivity index (χ1) is 8.00. The molecule has 0 aliphatic carbocycles. The first-order valence-corrected chi connectivity index (χ1v) is 6.25. The van der Waals surface area contributed by atoms with E-state index in [9.17, 15) is 9.59 Å². The quantitative estimate of drug-likeness (QED) is 0.783. The van der Waals surface area contributed by atoms with E-state index >= 15 is 0 Å². The Morgan fingerprint density at radius 1 is 1.28 bits per heavy atom. The van der Waals surface area contributed by atoms with E-state index in [1.807, 2.05) is 0 Å². The summed E-state index contributed by atoms with van der Waals surface area (Å²) in [4.78, 5) is 24.1. The third-order valence-electron chi connectivity index (χ3n) is 3.36. The minimum atomic E-state index is -0.884. The summed E-state index contributed by atoms with van der Waals surface area (Å²) in [5.41, 5.74) is 0. The molecule has 5 heteroatoms. The van der Waals surface area contributed by atoms with Gasteiger partial charge in [0.1, 0.15) is 0 Å². The molecule has 2 N–H and O–H groups in total. The van der Waals surface area contributed by atoms with Gasteiger partial charge in [0.15, 0.2) is 0 Å². The second-order valence-electron chi connectivity index (χ2n) is 4.79. The smallest absolute Gasteiger partial charge is 0.305 e. The molecule has 0 bridgehead atoms. The van der Waals surface area contributed by atoms with E-state index in [1.54, 1.807) is 0 Å². The SMILES string of the molecule is C.CC1CCCC(C)N1CC(=O)NCCC(=O)O. The molecule has 1 saturated heterocycles. The topological polar surface area (TPSA) is 69.6 Å². The van der Waals surface area contributed by atoms with Gasteiger partial charge in [0.2, 0.25) is 5.91 Å². The zero-order chi connectivity index (χ0) is 12.8. The minimum absolute atomic E-state index is 0. The largest absolute Gasteiger partial charge is 0.481 e. The molecular weight excluding hydrogens is 232 g/mol. The van der Waals surface area contributed by atoms with E-state index in [-0.39, 0.29) is 26.3 Å². The van der Waals surface area contributed by atoms with Crippen LogP contribution >= 0.6 is 0 Å². The Bertz CT molecular complexity index is 271. The summed E-state index contributed by atoms with van der Waals surface area (Å²) in [6.07, 6.45) is 3.47. The number of carbonyl (C=O) groups is 2. The number of carboxylic acid groups (broad SMARTS) is 1. The molecule has 2 unspecified atom stereocenters. The summed E-state index contributed by atoms with van der Waals surface area (Å²) in [5, 5.41) is 11.1. The Hall–Kier alpha value is -1.10. The van der Waals surface area contributed by atoms with Gasteiger partial charge in [-0.1, -0.05) is 13.8 Å². The average Bonchev–Trinajstić information content (AvgIpc) is 2.23. The monoisotopic (exact) mass is 258 g/mol. The van der Waals surface area contributed by atoms with Crippen LogP contribution in [0.2, 0.25) is 0 Å². The van der Waals surface area contributed by atoms with Gasteiger partial charge in [0.05, 0.1) is 13.0 Å². The van der Waals surface area contributed by atoms with E-state index in [0.29, 0.717) is 18.6 Å². The number of hydrogen-bond donors (Lipinski definition) is 2. The van der Waals surface area contributed by atoms with E-state index in [1.165, 1.54) is 6.42 Å². The summed E-state index contributed by atoms with van der Waals surface area (Å²) in [5.74, 6) is -0.961. The van der Waals surface area contributed by atoms with Crippen LogP contribution in [0.25, 0.3) is 0 Å². The maximum Gasteiger partial charge on any atom is 0.305 e. The molecule has 0 spiro atoms. The summed E-state index contributed by atoms with van der Waals surface area (Å²) < 4.78 is 0. The van der Waals surface area contributed by atoms with Crippen molar-refractivity contribution in [3.63, 3.8) is 0 Å². The number of carbonyl (C=O) groups excluding carboxylic acids is 1. The maximum absolute atomic E-state index is 11.6. The maximum atomic E-state index is 11.6. The highest BCUT2D eigenvalue weighted by Crippen LogP contribution is 2.21. The number of carboxylic acids is 1. The molecule has 0 aromatic carbocycles. The predicted molar refractivity (Wildman–Crippen MR) is 71.5 cm³/mol. The molecular formula is C13H26N2O3. The summed E-state index contributed by atoms with van der Waals surface area (Å²) in [7, 11) is 0. The van der Waals surface area contributed by atoms with Crippen molar-refractivity contribution in [1.82, 2.24) is 10.2 Å². The molecule has 1 aliphatic heterocycles. The van der Waals surface area contributed by atoms with Gasteiger partial charge >= 0.3 is 5.97 Å². The number of nitrogens with one attached hydrogen (secondary N) is 1. The molecule has 0 aromatic heterocycles. The second-order valence-corrected chi connectivity index (χ2v) is 4.79. The van der Waals surface area contributed by atoms with Crippen LogP contribution in [0.5, 0.6) is 0 Å². The Kier molecular flexibility index (Phi) is 7.59. The first-order valence-electron chi connectivity index (χ1n) is 6.25. The lowest BCUT2D eigenvalue weighted by Gasteiger charge is -2.38. The lowest BCUT2D eigenvalue weighted by molar-refractivity contribution is -0.137. The van der Waals surface area contributed by atoms with Gasteiger partial charge in [0, 0.05) is 18.6 Å². The number of aliphatic carboxylic acids is 1. The molecule has 1 aliphatic rings. The van der Waals surface area contributed by atoms with Gasteiger partial charge in [-0.2, -0.15) is 0 Å². The number of likely N-dealkylation sites (tertiary alicyclic amines) is 1. The summed E-state index contributed by atoms with van der Waals surface area (Å²) >= 11 is 0. The van der Waals surface area contributed by atoms with E-state index in [2.05, 4.69) is 24.1 Å². The fourth-order valence-corrected chi connectivity index (χ4v) is 2.32. The molecule has 0 radical (unpaired) electrons. The van der Waals surface area contributed by atoms with E-state index in [4.69, 9.17) is 5.11 Å². The van der Waals surface area contributed by atoms with Crippen molar-refractivity contribution >= 4 is 11.9 Å². The highest BCUT2D eigenvalue weighted by atomic mass is 16.4. The van der Waals surface area contributed by atoms with Crippen LogP contribution < -0.4 is 5.32 Å². The van der Waals surface area contributed by atoms with Crippen molar-refractivity contribution in [3.05, 3.63) is 0 Å². The average molecular weight is 258 g/mol. The number of amides is 1. The van der Waals surface area contributed by atoms with Crippen molar-refractivity contribution in [2.45, 2.75) is 59.0 Å². The number of hydrogen-bond acceptors (Lipinski definition) is 3. The predicted octanol–water partition coefficient (Wildman–Crippen LogP) is 1.48. The van der Waals surface area contributed by atoms with Crippen LogP contribution in [0.3, 0.4) is 0 Å². The normalized spacial score (nSPS) is 24.1. The molecule has 18 heavy (non-hydrogen) atoms. The highest BCUT2D eigenvalue weighted by Gasteiger charge is 2.26. The van der Waals surface area contributed by atoms with E-state index < -0.39 is 5.97 Å². The number of rotatable bonds is 5. The van der Waals surface area contributed by atoms with E-state index in [0.717, 1.165) is 12.8 Å². The Balaban J connectivity index is 0.00000289. The fraction of sp³-hybridized carbons (Fsp3) is 0.846. The lowest BCUT2D eigenvalue weighted by atomic mass is 9.97. The molecule has 1 fully saturated rings. The number of piperidine rings is 1. The van der Waals surface area contributed by atoms with Crippen LogP contribution in [0.15, 0.2) is 0 Å². The zero-order valence-electron chi connectivity index (χ0n) is 10.6. The van der Waals surface area contributed by atoms with Crippen LogP contribution in [0, 0.1) is 0 Å². The Morgan fingerprint density at radius 2 is 1.83 bits per heavy atom. The van der Waals surface area contributed by atoms with Gasteiger partial charge < -0.3 is 10.4 Å². The molecule has 0 aromatic rings. The molecule has 1 amide bonds. The zero-order valence-corrected chi connectivity index (χ0v) is 10.6.